The molecule has 0 radical (unpaired) electrons. The van der Waals surface area contributed by atoms with Crippen molar-refractivity contribution in [1.82, 2.24) is 0 Å². The van der Waals surface area contributed by atoms with Crippen LogP contribution in [0.5, 0.6) is 0 Å². The summed E-state index contributed by atoms with van der Waals surface area (Å²) < 4.78 is 0. The van der Waals surface area contributed by atoms with Crippen molar-refractivity contribution in [3.63, 3.8) is 0 Å². The normalized spacial score (nSPS) is 15.4. The van der Waals surface area contributed by atoms with Crippen molar-refractivity contribution in [2.45, 2.75) is 61.6 Å². The summed E-state index contributed by atoms with van der Waals surface area (Å²) in [4.78, 5) is 4.44. The van der Waals surface area contributed by atoms with Crippen LogP contribution in [0.25, 0.3) is 0 Å². The Labute approximate surface area is 179 Å². The number of hydrogen-bond acceptors (Lipinski definition) is 2. The molecule has 0 bridgehead atoms. The summed E-state index contributed by atoms with van der Waals surface area (Å²) in [6, 6.07) is 8.84. The molecule has 0 spiro atoms. The first kappa shape index (κ1) is 21.1. The number of halogens is 2. The van der Waals surface area contributed by atoms with Crippen molar-refractivity contribution in [1.29, 1.82) is 0 Å². The van der Waals surface area contributed by atoms with Gasteiger partial charge in [-0.1, -0.05) is 72.4 Å². The molecule has 2 nitrogen and oxygen atoms in total. The zero-order valence-electron chi connectivity index (χ0n) is 18.1. The van der Waals surface area contributed by atoms with Gasteiger partial charge in [0.2, 0.25) is 0 Å². The van der Waals surface area contributed by atoms with Crippen LogP contribution in [-0.2, 0) is 0 Å². The highest BCUT2D eigenvalue weighted by molar-refractivity contribution is 6.42. The minimum absolute atomic E-state index is 0.0141. The summed E-state index contributed by atoms with van der Waals surface area (Å²) in [5, 5.41) is 1.18. The molecule has 28 heavy (non-hydrogen) atoms. The van der Waals surface area contributed by atoms with Crippen LogP contribution in [0.3, 0.4) is 0 Å². The van der Waals surface area contributed by atoms with Gasteiger partial charge in [-0.05, 0) is 69.7 Å². The molecule has 0 aliphatic carbocycles. The summed E-state index contributed by atoms with van der Waals surface area (Å²) in [6.45, 7) is 17.3. The summed E-state index contributed by atoms with van der Waals surface area (Å²) in [6.07, 6.45) is 0.0141. The first-order valence-corrected chi connectivity index (χ1v) is 10.6. The van der Waals surface area contributed by atoms with Crippen LogP contribution in [0.2, 0.25) is 0 Å². The predicted octanol–water partition coefficient (Wildman–Crippen LogP) is 7.45. The standard InChI is InChI=1S/C24H30Cl2N2/c1-13(2)24-27(20-16(5)9-14(3)10-17(20)6)22(25)23(26)28(24)21-18(7)11-15(4)12-19(21)8/h9-13,24H,1-8H3. The third-order valence-corrected chi connectivity index (χ3v) is 6.29. The van der Waals surface area contributed by atoms with E-state index in [2.05, 4.69) is 89.5 Å². The fraction of sp³-hybridized carbons (Fsp3) is 0.417. The maximum atomic E-state index is 6.90. The summed E-state index contributed by atoms with van der Waals surface area (Å²) >= 11 is 13.8. The molecule has 0 unspecified atom stereocenters. The van der Waals surface area contributed by atoms with Crippen molar-refractivity contribution in [2.24, 2.45) is 5.92 Å². The second kappa shape index (κ2) is 7.65. The lowest BCUT2D eigenvalue weighted by atomic mass is 10.00. The van der Waals surface area contributed by atoms with Crippen LogP contribution in [0, 0.1) is 47.5 Å². The molecule has 0 N–H and O–H groups in total. The molecule has 0 fully saturated rings. The fourth-order valence-electron chi connectivity index (χ4n) is 4.71. The Hall–Kier alpha value is -1.64. The van der Waals surface area contributed by atoms with E-state index in [4.69, 9.17) is 23.2 Å². The Morgan fingerprint density at radius 2 is 0.929 bits per heavy atom. The van der Waals surface area contributed by atoms with Gasteiger partial charge in [-0.3, -0.25) is 0 Å². The van der Waals surface area contributed by atoms with Crippen molar-refractivity contribution in [3.8, 4) is 0 Å². The first-order chi connectivity index (χ1) is 13.0. The summed E-state index contributed by atoms with van der Waals surface area (Å²) in [5.74, 6) is 0.310. The first-order valence-electron chi connectivity index (χ1n) is 9.84. The van der Waals surface area contributed by atoms with Gasteiger partial charge in [-0.25, -0.2) is 0 Å². The molecule has 2 aromatic carbocycles. The largest absolute Gasteiger partial charge is 0.307 e. The Morgan fingerprint density at radius 3 is 1.18 bits per heavy atom. The second-order valence-corrected chi connectivity index (χ2v) is 9.19. The van der Waals surface area contributed by atoms with Gasteiger partial charge in [-0.2, -0.15) is 0 Å². The van der Waals surface area contributed by atoms with Gasteiger partial charge in [0.15, 0.2) is 0 Å². The average molecular weight is 417 g/mol. The molecule has 0 atom stereocenters. The van der Waals surface area contributed by atoms with E-state index in [1.165, 1.54) is 33.4 Å². The number of anilines is 2. The van der Waals surface area contributed by atoms with Gasteiger partial charge in [0.1, 0.15) is 16.5 Å². The number of benzene rings is 2. The molecule has 0 saturated heterocycles. The fourth-order valence-corrected chi connectivity index (χ4v) is 5.26. The second-order valence-electron chi connectivity index (χ2n) is 8.47. The molecule has 1 aliphatic rings. The quantitative estimate of drug-likeness (QED) is 0.479. The smallest absolute Gasteiger partial charge is 0.147 e. The molecule has 3 rings (SSSR count). The van der Waals surface area contributed by atoms with E-state index >= 15 is 0 Å². The van der Waals surface area contributed by atoms with E-state index in [9.17, 15) is 0 Å². The van der Waals surface area contributed by atoms with Crippen LogP contribution in [0.1, 0.15) is 47.2 Å². The van der Waals surface area contributed by atoms with Gasteiger partial charge in [0.25, 0.3) is 0 Å². The number of aryl methyl sites for hydroxylation is 6. The monoisotopic (exact) mass is 416 g/mol. The molecule has 0 aromatic heterocycles. The van der Waals surface area contributed by atoms with Gasteiger partial charge in [0.05, 0.1) is 0 Å². The highest BCUT2D eigenvalue weighted by atomic mass is 35.5. The van der Waals surface area contributed by atoms with Crippen molar-refractivity contribution in [2.75, 3.05) is 9.80 Å². The van der Waals surface area contributed by atoms with Crippen LogP contribution in [0.15, 0.2) is 34.6 Å². The maximum absolute atomic E-state index is 6.90. The van der Waals surface area contributed by atoms with E-state index in [0.29, 0.717) is 16.2 Å². The third kappa shape index (κ3) is 3.42. The lowest BCUT2D eigenvalue weighted by Crippen LogP contribution is -2.45. The van der Waals surface area contributed by atoms with Gasteiger partial charge in [0, 0.05) is 11.4 Å². The van der Waals surface area contributed by atoms with E-state index in [-0.39, 0.29) is 6.17 Å². The molecular formula is C24H30Cl2N2. The zero-order chi connectivity index (χ0) is 20.9. The summed E-state index contributed by atoms with van der Waals surface area (Å²) in [5.41, 5.74) is 9.67. The SMILES string of the molecule is Cc1cc(C)c(N2C(Cl)=C(Cl)N(c3c(C)cc(C)cc3C)C2C(C)C)c(C)c1. The molecule has 0 saturated carbocycles. The minimum Gasteiger partial charge on any atom is -0.307 e. The minimum atomic E-state index is 0.0141. The molecule has 2 aromatic rings. The molecule has 1 heterocycles. The van der Waals surface area contributed by atoms with E-state index < -0.39 is 0 Å². The highest BCUT2D eigenvalue weighted by Gasteiger charge is 2.42. The van der Waals surface area contributed by atoms with Crippen LogP contribution in [-0.4, -0.2) is 6.17 Å². The van der Waals surface area contributed by atoms with E-state index in [0.717, 1.165) is 11.4 Å². The van der Waals surface area contributed by atoms with Crippen molar-refractivity contribution in [3.05, 3.63) is 68.0 Å². The molecule has 0 amide bonds. The predicted molar refractivity (Wildman–Crippen MR) is 124 cm³/mol. The van der Waals surface area contributed by atoms with Crippen molar-refractivity contribution < 1.29 is 0 Å². The molecule has 150 valence electrons. The average Bonchev–Trinajstić information content (AvgIpc) is 2.79. The molecule has 4 heteroatoms. The number of rotatable bonds is 3. The van der Waals surface area contributed by atoms with Gasteiger partial charge >= 0.3 is 0 Å². The Morgan fingerprint density at radius 1 is 0.643 bits per heavy atom. The van der Waals surface area contributed by atoms with Crippen LogP contribution < -0.4 is 9.80 Å². The number of hydrogen-bond donors (Lipinski definition) is 0. The summed E-state index contributed by atoms with van der Waals surface area (Å²) in [7, 11) is 0. The molecule has 1 aliphatic heterocycles. The topological polar surface area (TPSA) is 6.48 Å². The third-order valence-electron chi connectivity index (χ3n) is 5.47. The van der Waals surface area contributed by atoms with Crippen LogP contribution >= 0.6 is 23.2 Å². The highest BCUT2D eigenvalue weighted by Crippen LogP contribution is 2.47. The van der Waals surface area contributed by atoms with Crippen molar-refractivity contribution >= 4 is 34.6 Å². The van der Waals surface area contributed by atoms with E-state index in [1.807, 2.05) is 0 Å². The maximum Gasteiger partial charge on any atom is 0.147 e. The van der Waals surface area contributed by atoms with E-state index in [1.54, 1.807) is 0 Å². The zero-order valence-corrected chi connectivity index (χ0v) is 19.6. The van der Waals surface area contributed by atoms with Gasteiger partial charge < -0.3 is 9.80 Å². The molecular weight excluding hydrogens is 387 g/mol. The lowest BCUT2D eigenvalue weighted by molar-refractivity contribution is 0.497. The Balaban J connectivity index is 2.24. The number of nitrogens with zero attached hydrogens (tertiary/aromatic N) is 2. The van der Waals surface area contributed by atoms with Gasteiger partial charge in [-0.15, -0.1) is 0 Å². The van der Waals surface area contributed by atoms with Crippen LogP contribution in [0.4, 0.5) is 11.4 Å². The Kier molecular flexibility index (Phi) is 5.76. The Bertz CT molecular complexity index is 840. The lowest BCUT2D eigenvalue weighted by Gasteiger charge is -2.39.